The molecular weight excluding hydrogens is 262 g/mol. The van der Waals surface area contributed by atoms with E-state index in [0.29, 0.717) is 6.61 Å². The van der Waals surface area contributed by atoms with Crippen LogP contribution >= 0.6 is 0 Å². The molecule has 0 saturated heterocycles. The lowest BCUT2D eigenvalue weighted by molar-refractivity contribution is 0.138. The van der Waals surface area contributed by atoms with E-state index in [1.54, 1.807) is 0 Å². The highest BCUT2D eigenvalue weighted by Gasteiger charge is 2.25. The van der Waals surface area contributed by atoms with Gasteiger partial charge in [-0.3, -0.25) is 0 Å². The van der Waals surface area contributed by atoms with E-state index in [1.807, 2.05) is 6.07 Å². The van der Waals surface area contributed by atoms with Crippen molar-refractivity contribution in [2.24, 2.45) is 0 Å². The number of ether oxygens (including phenoxy) is 1. The van der Waals surface area contributed by atoms with E-state index in [-0.39, 0.29) is 12.1 Å². The van der Waals surface area contributed by atoms with Gasteiger partial charge in [-0.25, -0.2) is 0 Å². The summed E-state index contributed by atoms with van der Waals surface area (Å²) in [6.07, 6.45) is 3.90. The first kappa shape index (κ1) is 18.0. The van der Waals surface area contributed by atoms with Crippen LogP contribution in [0.25, 0.3) is 0 Å². The monoisotopic (exact) mass is 293 g/mol. The van der Waals surface area contributed by atoms with Gasteiger partial charge in [0, 0.05) is 5.54 Å². The van der Waals surface area contributed by atoms with Crippen molar-refractivity contribution in [1.82, 2.24) is 5.32 Å². The third-order valence-electron chi connectivity index (χ3n) is 4.28. The molecule has 1 rings (SSSR count). The molecule has 0 aliphatic carbocycles. The predicted octanol–water partition coefficient (Wildman–Crippen LogP) is 3.60. The second kappa shape index (κ2) is 9.06. The average Bonchev–Trinajstić information content (AvgIpc) is 2.50. The van der Waals surface area contributed by atoms with E-state index in [4.69, 9.17) is 4.74 Å². The van der Waals surface area contributed by atoms with Crippen LogP contribution in [0.4, 0.5) is 0 Å². The van der Waals surface area contributed by atoms with Gasteiger partial charge in [-0.1, -0.05) is 19.9 Å². The van der Waals surface area contributed by atoms with E-state index in [2.05, 4.69) is 45.1 Å². The van der Waals surface area contributed by atoms with Crippen LogP contribution in [-0.2, 0) is 0 Å². The summed E-state index contributed by atoms with van der Waals surface area (Å²) in [7, 11) is 0. The lowest BCUT2D eigenvalue weighted by atomic mass is 9.91. The van der Waals surface area contributed by atoms with Gasteiger partial charge in [0.05, 0.1) is 13.2 Å². The first-order chi connectivity index (χ1) is 10.1. The van der Waals surface area contributed by atoms with Crippen molar-refractivity contribution in [3.05, 3.63) is 29.3 Å². The van der Waals surface area contributed by atoms with Crippen molar-refractivity contribution in [3.63, 3.8) is 0 Å². The fourth-order valence-corrected chi connectivity index (χ4v) is 2.43. The Labute approximate surface area is 129 Å². The van der Waals surface area contributed by atoms with Gasteiger partial charge in [0.25, 0.3) is 0 Å². The lowest BCUT2D eigenvalue weighted by Crippen LogP contribution is -2.48. The summed E-state index contributed by atoms with van der Waals surface area (Å²) >= 11 is 0. The van der Waals surface area contributed by atoms with Gasteiger partial charge in [-0.2, -0.15) is 0 Å². The van der Waals surface area contributed by atoms with Gasteiger partial charge < -0.3 is 15.2 Å². The molecule has 0 aliphatic rings. The van der Waals surface area contributed by atoms with E-state index in [0.717, 1.165) is 38.0 Å². The molecule has 0 aliphatic heterocycles. The highest BCUT2D eigenvalue weighted by Crippen LogP contribution is 2.19. The number of hydrogen-bond acceptors (Lipinski definition) is 3. The molecule has 0 fully saturated rings. The SMILES string of the molecule is CCCNC(CC)(CO)CCCOc1ccc(C)c(C)c1. The van der Waals surface area contributed by atoms with Crippen LogP contribution in [0.5, 0.6) is 5.75 Å². The second-order valence-electron chi connectivity index (χ2n) is 5.92. The Hall–Kier alpha value is -1.06. The minimum Gasteiger partial charge on any atom is -0.494 e. The quantitative estimate of drug-likeness (QED) is 0.648. The molecule has 2 N–H and O–H groups in total. The van der Waals surface area contributed by atoms with Gasteiger partial charge >= 0.3 is 0 Å². The van der Waals surface area contributed by atoms with Crippen LogP contribution < -0.4 is 10.1 Å². The molecule has 1 aromatic rings. The molecule has 1 unspecified atom stereocenters. The van der Waals surface area contributed by atoms with E-state index >= 15 is 0 Å². The van der Waals surface area contributed by atoms with Gasteiger partial charge in [0.15, 0.2) is 0 Å². The van der Waals surface area contributed by atoms with Crippen LogP contribution in [0.3, 0.4) is 0 Å². The summed E-state index contributed by atoms with van der Waals surface area (Å²) in [5.41, 5.74) is 2.40. The Morgan fingerprint density at radius 3 is 2.52 bits per heavy atom. The molecular formula is C18H31NO2. The molecule has 0 radical (unpaired) electrons. The van der Waals surface area contributed by atoms with Gasteiger partial charge in [0.1, 0.15) is 5.75 Å². The molecule has 0 heterocycles. The molecule has 0 saturated carbocycles. The summed E-state index contributed by atoms with van der Waals surface area (Å²) in [5.74, 6) is 0.936. The Morgan fingerprint density at radius 2 is 1.95 bits per heavy atom. The maximum absolute atomic E-state index is 9.68. The molecule has 1 aromatic carbocycles. The lowest BCUT2D eigenvalue weighted by Gasteiger charge is -2.32. The first-order valence-electron chi connectivity index (χ1n) is 8.13. The maximum atomic E-state index is 9.68. The number of benzene rings is 1. The minimum atomic E-state index is -0.150. The number of aryl methyl sites for hydroxylation is 2. The number of aliphatic hydroxyl groups excluding tert-OH is 1. The molecule has 3 nitrogen and oxygen atoms in total. The van der Waals surface area contributed by atoms with Crippen molar-refractivity contribution < 1.29 is 9.84 Å². The van der Waals surface area contributed by atoms with Crippen molar-refractivity contribution in [3.8, 4) is 5.75 Å². The van der Waals surface area contributed by atoms with Crippen molar-refractivity contribution in [1.29, 1.82) is 0 Å². The molecule has 0 spiro atoms. The second-order valence-corrected chi connectivity index (χ2v) is 5.92. The number of aliphatic hydroxyl groups is 1. The van der Waals surface area contributed by atoms with Crippen LogP contribution in [0.2, 0.25) is 0 Å². The van der Waals surface area contributed by atoms with Crippen molar-refractivity contribution in [2.75, 3.05) is 19.8 Å². The zero-order valence-electron chi connectivity index (χ0n) is 14.0. The maximum Gasteiger partial charge on any atom is 0.119 e. The first-order valence-corrected chi connectivity index (χ1v) is 8.13. The Bertz CT molecular complexity index is 414. The molecule has 1 atom stereocenters. The molecule has 0 bridgehead atoms. The normalized spacial score (nSPS) is 14.0. The Kier molecular flexibility index (Phi) is 7.76. The zero-order valence-corrected chi connectivity index (χ0v) is 14.0. The molecule has 21 heavy (non-hydrogen) atoms. The topological polar surface area (TPSA) is 41.5 Å². The average molecular weight is 293 g/mol. The highest BCUT2D eigenvalue weighted by atomic mass is 16.5. The van der Waals surface area contributed by atoms with Crippen LogP contribution in [0, 0.1) is 13.8 Å². The van der Waals surface area contributed by atoms with Gasteiger partial charge in [0.2, 0.25) is 0 Å². The minimum absolute atomic E-state index is 0.150. The predicted molar refractivity (Wildman–Crippen MR) is 89.0 cm³/mol. The summed E-state index contributed by atoms with van der Waals surface area (Å²) in [5, 5.41) is 13.2. The van der Waals surface area contributed by atoms with E-state index in [9.17, 15) is 5.11 Å². The summed E-state index contributed by atoms with van der Waals surface area (Å²) in [4.78, 5) is 0. The zero-order chi connectivity index (χ0) is 15.7. The Balaban J connectivity index is 2.41. The van der Waals surface area contributed by atoms with Gasteiger partial charge in [-0.05, 0) is 69.3 Å². The smallest absolute Gasteiger partial charge is 0.119 e. The van der Waals surface area contributed by atoms with Gasteiger partial charge in [-0.15, -0.1) is 0 Å². The third kappa shape index (κ3) is 5.68. The van der Waals surface area contributed by atoms with Crippen molar-refractivity contribution >= 4 is 0 Å². The van der Waals surface area contributed by atoms with E-state index < -0.39 is 0 Å². The van der Waals surface area contributed by atoms with Crippen LogP contribution in [0.15, 0.2) is 18.2 Å². The summed E-state index contributed by atoms with van der Waals surface area (Å²) < 4.78 is 5.82. The standard InChI is InChI=1S/C18H31NO2/c1-5-11-19-18(6-2,14-20)10-7-12-21-17-9-8-15(3)16(4)13-17/h8-9,13,19-20H,5-7,10-12,14H2,1-4H3. The van der Waals surface area contributed by atoms with Crippen molar-refractivity contribution in [2.45, 2.75) is 58.9 Å². The van der Waals surface area contributed by atoms with E-state index in [1.165, 1.54) is 11.1 Å². The third-order valence-corrected chi connectivity index (χ3v) is 4.28. The molecule has 0 amide bonds. The number of nitrogens with one attached hydrogen (secondary N) is 1. The largest absolute Gasteiger partial charge is 0.494 e. The number of hydrogen-bond donors (Lipinski definition) is 2. The molecule has 3 heteroatoms. The number of rotatable bonds is 10. The highest BCUT2D eigenvalue weighted by molar-refractivity contribution is 5.33. The summed E-state index contributed by atoms with van der Waals surface area (Å²) in [6.45, 7) is 10.3. The fourth-order valence-electron chi connectivity index (χ4n) is 2.43. The fraction of sp³-hybridized carbons (Fsp3) is 0.667. The van der Waals surface area contributed by atoms with Crippen LogP contribution in [-0.4, -0.2) is 30.4 Å². The van der Waals surface area contributed by atoms with Crippen LogP contribution in [0.1, 0.15) is 50.7 Å². The Morgan fingerprint density at radius 1 is 1.19 bits per heavy atom. The summed E-state index contributed by atoms with van der Waals surface area (Å²) in [6, 6.07) is 6.21. The molecule has 120 valence electrons. The molecule has 0 aromatic heterocycles.